The highest BCUT2D eigenvalue weighted by molar-refractivity contribution is 5.77. The number of hydrogen-bond donors (Lipinski definition) is 2. The first kappa shape index (κ1) is 11.8. The van der Waals surface area contributed by atoms with Crippen LogP contribution in [0, 0.1) is 5.92 Å². The predicted octanol–water partition coefficient (Wildman–Crippen LogP) is 0.213. The fourth-order valence-electron chi connectivity index (χ4n) is 2.16. The maximum absolute atomic E-state index is 11.7. The number of carbonyl (C=O) groups is 1. The molecule has 16 heavy (non-hydrogen) atoms. The minimum atomic E-state index is 0.00120. The lowest BCUT2D eigenvalue weighted by atomic mass is 10.00. The van der Waals surface area contributed by atoms with E-state index in [1.807, 2.05) is 0 Å². The third-order valence-corrected chi connectivity index (χ3v) is 3.21. The summed E-state index contributed by atoms with van der Waals surface area (Å²) in [5, 5.41) is 3.31. The Morgan fingerprint density at radius 2 is 2.19 bits per heavy atom. The number of ether oxygens (including phenoxy) is 1. The summed E-state index contributed by atoms with van der Waals surface area (Å²) in [5.74, 6) is 0.0617. The molecule has 2 rings (SSSR count). The minimum absolute atomic E-state index is 0.00120. The number of carbonyl (C=O) groups excluding carboxylic acids is 1. The van der Waals surface area contributed by atoms with Crippen molar-refractivity contribution in [2.24, 2.45) is 5.92 Å². The minimum Gasteiger partial charge on any atom is -0.381 e. The molecule has 0 spiro atoms. The first-order valence-corrected chi connectivity index (χ1v) is 6.09. The molecule has 2 heterocycles. The molecule has 0 bridgehead atoms. The highest BCUT2D eigenvalue weighted by atomic mass is 16.7. The van der Waals surface area contributed by atoms with E-state index in [-0.39, 0.29) is 11.8 Å². The molecule has 2 fully saturated rings. The number of hydroxylamine groups is 1. The molecule has 2 N–H and O–H groups in total. The molecule has 0 aromatic heterocycles. The summed E-state index contributed by atoms with van der Waals surface area (Å²) in [4.78, 5) is 16.9. The first-order valence-electron chi connectivity index (χ1n) is 6.09. The summed E-state index contributed by atoms with van der Waals surface area (Å²) < 4.78 is 5.20. The number of rotatable bonds is 4. The molecule has 1 amide bonds. The third-order valence-electron chi connectivity index (χ3n) is 3.21. The van der Waals surface area contributed by atoms with Gasteiger partial charge in [-0.1, -0.05) is 0 Å². The van der Waals surface area contributed by atoms with Crippen LogP contribution in [0.2, 0.25) is 0 Å². The fraction of sp³-hybridized carbons (Fsp3) is 0.909. The van der Waals surface area contributed by atoms with Crippen molar-refractivity contribution in [2.45, 2.75) is 31.7 Å². The monoisotopic (exact) mass is 228 g/mol. The first-order chi connectivity index (χ1) is 7.86. The second-order valence-corrected chi connectivity index (χ2v) is 4.46. The Balaban J connectivity index is 1.59. The lowest BCUT2D eigenvalue weighted by Crippen LogP contribution is -2.37. The van der Waals surface area contributed by atoms with E-state index in [4.69, 9.17) is 9.57 Å². The van der Waals surface area contributed by atoms with E-state index in [0.29, 0.717) is 25.9 Å². The maximum Gasteiger partial charge on any atom is 0.246 e. The van der Waals surface area contributed by atoms with Gasteiger partial charge in [0.05, 0.1) is 6.61 Å². The van der Waals surface area contributed by atoms with E-state index in [1.165, 1.54) is 6.42 Å². The van der Waals surface area contributed by atoms with Gasteiger partial charge in [0.15, 0.2) is 0 Å². The van der Waals surface area contributed by atoms with Crippen molar-refractivity contribution >= 4 is 5.91 Å². The molecule has 0 aromatic carbocycles. The molecule has 92 valence electrons. The SMILES string of the molecule is O=C(NOCC1CCCN1)C1CCOCC1. The zero-order valence-corrected chi connectivity index (χ0v) is 9.54. The topological polar surface area (TPSA) is 59.6 Å². The Kier molecular flexibility index (Phi) is 4.56. The van der Waals surface area contributed by atoms with Gasteiger partial charge in [0.2, 0.25) is 5.91 Å². The van der Waals surface area contributed by atoms with Crippen LogP contribution in [0.4, 0.5) is 0 Å². The summed E-state index contributed by atoms with van der Waals surface area (Å²) in [6, 6.07) is 0.398. The summed E-state index contributed by atoms with van der Waals surface area (Å²) in [5.41, 5.74) is 2.54. The molecule has 1 atom stereocenters. The molecule has 5 heteroatoms. The standard InChI is InChI=1S/C11H20N2O3/c14-11(9-3-6-15-7-4-9)13-16-8-10-2-1-5-12-10/h9-10,12H,1-8H2,(H,13,14). The summed E-state index contributed by atoms with van der Waals surface area (Å²) in [6.07, 6.45) is 3.93. The number of hydrogen-bond acceptors (Lipinski definition) is 4. The van der Waals surface area contributed by atoms with Crippen molar-refractivity contribution < 1.29 is 14.4 Å². The molecule has 0 radical (unpaired) electrons. The fourth-order valence-corrected chi connectivity index (χ4v) is 2.16. The largest absolute Gasteiger partial charge is 0.381 e. The van der Waals surface area contributed by atoms with E-state index in [1.54, 1.807) is 0 Å². The average molecular weight is 228 g/mol. The van der Waals surface area contributed by atoms with Gasteiger partial charge in [0.1, 0.15) is 0 Å². The highest BCUT2D eigenvalue weighted by Gasteiger charge is 2.22. The Morgan fingerprint density at radius 3 is 2.88 bits per heavy atom. The van der Waals surface area contributed by atoms with E-state index >= 15 is 0 Å². The van der Waals surface area contributed by atoms with Crippen molar-refractivity contribution in [3.05, 3.63) is 0 Å². The van der Waals surface area contributed by atoms with Crippen LogP contribution < -0.4 is 10.8 Å². The van der Waals surface area contributed by atoms with Gasteiger partial charge in [0, 0.05) is 25.2 Å². The molecule has 1 unspecified atom stereocenters. The lowest BCUT2D eigenvalue weighted by Gasteiger charge is -2.21. The maximum atomic E-state index is 11.7. The van der Waals surface area contributed by atoms with Crippen molar-refractivity contribution in [1.29, 1.82) is 0 Å². The van der Waals surface area contributed by atoms with Crippen LogP contribution in [0.5, 0.6) is 0 Å². The van der Waals surface area contributed by atoms with Crippen molar-refractivity contribution in [3.63, 3.8) is 0 Å². The zero-order chi connectivity index (χ0) is 11.2. The Hall–Kier alpha value is -0.650. The highest BCUT2D eigenvalue weighted by Crippen LogP contribution is 2.14. The lowest BCUT2D eigenvalue weighted by molar-refractivity contribution is -0.141. The molecular formula is C11H20N2O3. The van der Waals surface area contributed by atoms with Crippen LogP contribution >= 0.6 is 0 Å². The normalized spacial score (nSPS) is 26.9. The van der Waals surface area contributed by atoms with Crippen LogP contribution in [0.15, 0.2) is 0 Å². The van der Waals surface area contributed by atoms with Crippen molar-refractivity contribution in [3.8, 4) is 0 Å². The average Bonchev–Trinajstić information content (AvgIpc) is 2.83. The number of amides is 1. The van der Waals surface area contributed by atoms with Gasteiger partial charge >= 0.3 is 0 Å². The van der Waals surface area contributed by atoms with Crippen molar-refractivity contribution in [2.75, 3.05) is 26.4 Å². The van der Waals surface area contributed by atoms with E-state index in [2.05, 4.69) is 10.8 Å². The molecule has 2 aliphatic rings. The van der Waals surface area contributed by atoms with Crippen LogP contribution in [-0.2, 0) is 14.4 Å². The van der Waals surface area contributed by atoms with Gasteiger partial charge < -0.3 is 10.1 Å². The summed E-state index contributed by atoms with van der Waals surface area (Å²) in [6.45, 7) is 2.99. The van der Waals surface area contributed by atoms with Crippen LogP contribution in [0.1, 0.15) is 25.7 Å². The molecular weight excluding hydrogens is 208 g/mol. The van der Waals surface area contributed by atoms with E-state index < -0.39 is 0 Å². The van der Waals surface area contributed by atoms with Gasteiger partial charge in [-0.3, -0.25) is 9.63 Å². The van der Waals surface area contributed by atoms with Gasteiger partial charge in [-0.25, -0.2) is 5.48 Å². The van der Waals surface area contributed by atoms with Crippen molar-refractivity contribution in [1.82, 2.24) is 10.8 Å². The molecule has 2 aliphatic heterocycles. The quantitative estimate of drug-likeness (QED) is 0.675. The van der Waals surface area contributed by atoms with E-state index in [9.17, 15) is 4.79 Å². The Labute approximate surface area is 95.8 Å². The summed E-state index contributed by atoms with van der Waals surface area (Å²) >= 11 is 0. The van der Waals surface area contributed by atoms with Crippen LogP contribution in [0.3, 0.4) is 0 Å². The smallest absolute Gasteiger partial charge is 0.246 e. The molecule has 0 saturated carbocycles. The van der Waals surface area contributed by atoms with Gasteiger partial charge in [-0.15, -0.1) is 0 Å². The predicted molar refractivity (Wildman–Crippen MR) is 58.7 cm³/mol. The molecule has 2 saturated heterocycles. The van der Waals surface area contributed by atoms with Gasteiger partial charge in [-0.05, 0) is 32.2 Å². The molecule has 5 nitrogen and oxygen atoms in total. The zero-order valence-electron chi connectivity index (χ0n) is 9.54. The van der Waals surface area contributed by atoms with Crippen LogP contribution in [-0.4, -0.2) is 38.3 Å². The summed E-state index contributed by atoms with van der Waals surface area (Å²) in [7, 11) is 0. The van der Waals surface area contributed by atoms with Gasteiger partial charge in [0.25, 0.3) is 0 Å². The number of nitrogens with one attached hydrogen (secondary N) is 2. The van der Waals surface area contributed by atoms with Gasteiger partial charge in [-0.2, -0.15) is 0 Å². The molecule has 0 aromatic rings. The Bertz CT molecular complexity index is 223. The Morgan fingerprint density at radius 1 is 1.38 bits per heavy atom. The van der Waals surface area contributed by atoms with Crippen LogP contribution in [0.25, 0.3) is 0 Å². The van der Waals surface area contributed by atoms with E-state index in [0.717, 1.165) is 25.8 Å². The molecule has 0 aliphatic carbocycles. The third kappa shape index (κ3) is 3.43. The second-order valence-electron chi connectivity index (χ2n) is 4.46. The second kappa shape index (κ2) is 6.18.